The highest BCUT2D eigenvalue weighted by molar-refractivity contribution is 7.80. The molecule has 1 heterocycles. The normalized spacial score (nSPS) is 27.6. The van der Waals surface area contributed by atoms with Gasteiger partial charge in [0.25, 0.3) is 5.72 Å². The molecule has 1 saturated heterocycles. The van der Waals surface area contributed by atoms with Crippen molar-refractivity contribution in [1.29, 1.82) is 0 Å². The smallest absolute Gasteiger partial charge is 0.375 e. The minimum atomic E-state index is -4.87. The number of hydrazine groups is 1. The van der Waals surface area contributed by atoms with E-state index < -0.39 is 29.5 Å². The Kier molecular flexibility index (Phi) is 3.41. The molecule has 1 aliphatic heterocycles. The van der Waals surface area contributed by atoms with Crippen molar-refractivity contribution in [3.8, 4) is 0 Å². The first-order valence-electron chi connectivity index (χ1n) is 5.45. The lowest BCUT2D eigenvalue weighted by Crippen LogP contribution is -2.61. The number of hydrogen-bond acceptors (Lipinski definition) is 3. The van der Waals surface area contributed by atoms with E-state index in [1.165, 1.54) is 0 Å². The molecule has 19 heavy (non-hydrogen) atoms. The Morgan fingerprint density at radius 2 is 2.00 bits per heavy atom. The molecule has 0 saturated carbocycles. The van der Waals surface area contributed by atoms with Gasteiger partial charge in [0.15, 0.2) is 5.11 Å². The summed E-state index contributed by atoms with van der Waals surface area (Å²) in [6.07, 6.45) is -5.45. The van der Waals surface area contributed by atoms with E-state index in [2.05, 4.69) is 17.6 Å². The average molecular weight is 291 g/mol. The fourth-order valence-corrected chi connectivity index (χ4v) is 2.25. The van der Waals surface area contributed by atoms with Crippen LogP contribution in [0.3, 0.4) is 0 Å². The third-order valence-electron chi connectivity index (χ3n) is 3.02. The third-order valence-corrected chi connectivity index (χ3v) is 3.20. The highest BCUT2D eigenvalue weighted by Gasteiger charge is 2.63. The molecule has 0 bridgehead atoms. The van der Waals surface area contributed by atoms with Crippen molar-refractivity contribution >= 4 is 17.3 Å². The molecule has 2 atom stereocenters. The zero-order valence-electron chi connectivity index (χ0n) is 9.69. The van der Waals surface area contributed by atoms with Crippen LogP contribution >= 0.6 is 12.2 Å². The first-order valence-corrected chi connectivity index (χ1v) is 5.86. The largest absolute Gasteiger partial charge is 0.438 e. The molecule has 104 valence electrons. The molecule has 0 unspecified atom stereocenters. The average Bonchev–Trinajstić information content (AvgIpc) is 2.69. The van der Waals surface area contributed by atoms with Crippen molar-refractivity contribution in [1.82, 2.24) is 10.4 Å². The predicted octanol–water partition coefficient (Wildman–Crippen LogP) is 1.43. The maximum atomic E-state index is 13.0. The maximum absolute atomic E-state index is 13.0. The number of nitrogens with one attached hydrogen (secondary N) is 1. The van der Waals surface area contributed by atoms with Crippen LogP contribution in [0.2, 0.25) is 0 Å². The standard InChI is InChI=1S/C11H12F3N3OS/c12-11(13,14)10(18)6-8(16-17(10)9(15)19)7-4-2-1-3-5-7/h1-5,8,16,18H,6H2,(H2,15,19)/t8-,10+/m0/s1. The first-order chi connectivity index (χ1) is 8.75. The molecule has 1 aliphatic rings. The number of aliphatic hydroxyl groups is 1. The van der Waals surface area contributed by atoms with Crippen LogP contribution in [-0.4, -0.2) is 27.1 Å². The summed E-state index contributed by atoms with van der Waals surface area (Å²) in [5.41, 5.74) is 5.26. The van der Waals surface area contributed by atoms with E-state index in [0.717, 1.165) is 0 Å². The number of hydrogen-bond donors (Lipinski definition) is 3. The van der Waals surface area contributed by atoms with Crippen molar-refractivity contribution < 1.29 is 18.3 Å². The Hall–Kier alpha value is -1.38. The van der Waals surface area contributed by atoms with Gasteiger partial charge < -0.3 is 10.8 Å². The fourth-order valence-electron chi connectivity index (χ4n) is 2.05. The van der Waals surface area contributed by atoms with Gasteiger partial charge in [0.05, 0.1) is 6.04 Å². The summed E-state index contributed by atoms with van der Waals surface area (Å²) < 4.78 is 39.0. The lowest BCUT2D eigenvalue weighted by Gasteiger charge is -2.34. The number of benzene rings is 1. The molecule has 0 aromatic heterocycles. The van der Waals surface area contributed by atoms with Crippen molar-refractivity contribution in [2.75, 3.05) is 0 Å². The minimum Gasteiger partial charge on any atom is -0.375 e. The Balaban J connectivity index is 2.34. The molecular weight excluding hydrogens is 279 g/mol. The monoisotopic (exact) mass is 291 g/mol. The van der Waals surface area contributed by atoms with Crippen LogP contribution < -0.4 is 11.2 Å². The van der Waals surface area contributed by atoms with Crippen LogP contribution in [0.4, 0.5) is 13.2 Å². The van der Waals surface area contributed by atoms with Gasteiger partial charge >= 0.3 is 6.18 Å². The Morgan fingerprint density at radius 1 is 1.42 bits per heavy atom. The van der Waals surface area contributed by atoms with Gasteiger partial charge in [-0.05, 0) is 17.8 Å². The molecule has 0 spiro atoms. The van der Waals surface area contributed by atoms with E-state index in [1.807, 2.05) is 0 Å². The summed E-state index contributed by atoms with van der Waals surface area (Å²) >= 11 is 4.56. The number of thiocarbonyl (C=S) groups is 1. The molecule has 1 fully saturated rings. The summed E-state index contributed by atoms with van der Waals surface area (Å²) in [5.74, 6) is 0. The van der Waals surface area contributed by atoms with E-state index in [9.17, 15) is 18.3 Å². The van der Waals surface area contributed by atoms with Crippen LogP contribution in [-0.2, 0) is 0 Å². The molecule has 8 heteroatoms. The van der Waals surface area contributed by atoms with Gasteiger partial charge in [-0.15, -0.1) is 0 Å². The van der Waals surface area contributed by atoms with Crippen LogP contribution in [0.15, 0.2) is 30.3 Å². The predicted molar refractivity (Wildman–Crippen MR) is 66.6 cm³/mol. The zero-order valence-corrected chi connectivity index (χ0v) is 10.5. The topological polar surface area (TPSA) is 61.5 Å². The molecule has 0 radical (unpaired) electrons. The SMILES string of the molecule is NC(=S)N1N[C@H](c2ccccc2)C[C@@]1(O)C(F)(F)F. The molecular formula is C11H12F3N3OS. The van der Waals surface area contributed by atoms with Gasteiger partial charge in [-0.25, -0.2) is 10.4 Å². The van der Waals surface area contributed by atoms with Crippen molar-refractivity contribution in [3.63, 3.8) is 0 Å². The number of nitrogens with zero attached hydrogens (tertiary/aromatic N) is 1. The maximum Gasteiger partial charge on any atom is 0.438 e. The van der Waals surface area contributed by atoms with Crippen LogP contribution in [0.25, 0.3) is 0 Å². The molecule has 1 aromatic carbocycles. The summed E-state index contributed by atoms with van der Waals surface area (Å²) in [5, 5.41) is 9.71. The van der Waals surface area contributed by atoms with Gasteiger partial charge in [0, 0.05) is 6.42 Å². The zero-order chi connectivity index (χ0) is 14.3. The second-order valence-corrected chi connectivity index (χ2v) is 4.70. The third kappa shape index (κ3) is 2.38. The Bertz CT molecular complexity index is 482. The van der Waals surface area contributed by atoms with Crippen molar-refractivity contribution in [3.05, 3.63) is 35.9 Å². The quantitative estimate of drug-likeness (QED) is 0.683. The molecule has 4 N–H and O–H groups in total. The van der Waals surface area contributed by atoms with Gasteiger partial charge in [-0.3, -0.25) is 0 Å². The summed E-state index contributed by atoms with van der Waals surface area (Å²) in [6.45, 7) is 0. The number of alkyl halides is 3. The van der Waals surface area contributed by atoms with E-state index >= 15 is 0 Å². The van der Waals surface area contributed by atoms with E-state index in [0.29, 0.717) is 10.6 Å². The van der Waals surface area contributed by atoms with Crippen molar-refractivity contribution in [2.45, 2.75) is 24.4 Å². The Morgan fingerprint density at radius 3 is 2.42 bits per heavy atom. The molecule has 1 aromatic rings. The summed E-state index contributed by atoms with van der Waals surface area (Å²) in [7, 11) is 0. The lowest BCUT2D eigenvalue weighted by atomic mass is 9.99. The first kappa shape index (κ1) is 14.0. The minimum absolute atomic E-state index is 0.403. The number of rotatable bonds is 1. The fraction of sp³-hybridized carbons (Fsp3) is 0.364. The van der Waals surface area contributed by atoms with E-state index in [1.54, 1.807) is 30.3 Å². The number of halogens is 3. The second-order valence-electron chi connectivity index (χ2n) is 4.28. The molecule has 4 nitrogen and oxygen atoms in total. The lowest BCUT2D eigenvalue weighted by molar-refractivity contribution is -0.296. The molecule has 2 rings (SSSR count). The summed E-state index contributed by atoms with van der Waals surface area (Å²) in [6, 6.07) is 7.77. The van der Waals surface area contributed by atoms with Gasteiger partial charge in [0.2, 0.25) is 0 Å². The second kappa shape index (κ2) is 4.62. The highest BCUT2D eigenvalue weighted by atomic mass is 32.1. The summed E-state index contributed by atoms with van der Waals surface area (Å²) in [4.78, 5) is 0. The van der Waals surface area contributed by atoms with Gasteiger partial charge in [-0.1, -0.05) is 30.3 Å². The number of nitrogens with two attached hydrogens (primary N) is 1. The van der Waals surface area contributed by atoms with E-state index in [4.69, 9.17) is 5.73 Å². The van der Waals surface area contributed by atoms with Gasteiger partial charge in [-0.2, -0.15) is 13.2 Å². The van der Waals surface area contributed by atoms with E-state index in [-0.39, 0.29) is 0 Å². The van der Waals surface area contributed by atoms with Gasteiger partial charge in [0.1, 0.15) is 0 Å². The van der Waals surface area contributed by atoms with Crippen molar-refractivity contribution in [2.24, 2.45) is 5.73 Å². The Labute approximate surface area is 113 Å². The van der Waals surface area contributed by atoms with Crippen LogP contribution in [0.1, 0.15) is 18.0 Å². The highest BCUT2D eigenvalue weighted by Crippen LogP contribution is 2.43. The molecule has 0 amide bonds. The van der Waals surface area contributed by atoms with Crippen LogP contribution in [0, 0.1) is 0 Å². The van der Waals surface area contributed by atoms with Crippen LogP contribution in [0.5, 0.6) is 0 Å². The molecule has 0 aliphatic carbocycles.